The van der Waals surface area contributed by atoms with Crippen molar-refractivity contribution in [1.29, 1.82) is 5.26 Å². The van der Waals surface area contributed by atoms with Crippen LogP contribution in [0.3, 0.4) is 0 Å². The first-order valence-electron chi connectivity index (χ1n) is 9.25. The molecule has 0 saturated heterocycles. The molecule has 0 amide bonds. The van der Waals surface area contributed by atoms with Crippen LogP contribution in [0.25, 0.3) is 21.5 Å². The Bertz CT molecular complexity index is 1390. The molecule has 0 radical (unpaired) electrons. The van der Waals surface area contributed by atoms with E-state index in [0.717, 1.165) is 10.2 Å². The lowest BCUT2D eigenvalue weighted by atomic mass is 10.1. The minimum atomic E-state index is -3.77. The minimum absolute atomic E-state index is 0.0400. The van der Waals surface area contributed by atoms with Crippen LogP contribution in [-0.2, 0) is 10.0 Å². The molecule has 0 atom stereocenters. The van der Waals surface area contributed by atoms with Crippen LogP contribution in [0.5, 0.6) is 0 Å². The molecule has 8 heteroatoms. The van der Waals surface area contributed by atoms with Crippen molar-refractivity contribution < 1.29 is 13.5 Å². The number of para-hydroxylation sites is 2. The molecule has 31 heavy (non-hydrogen) atoms. The van der Waals surface area contributed by atoms with E-state index in [0.29, 0.717) is 16.3 Å². The van der Waals surface area contributed by atoms with Crippen LogP contribution < -0.4 is 4.31 Å². The molecule has 4 aromatic rings. The summed E-state index contributed by atoms with van der Waals surface area (Å²) in [5, 5.41) is 20.7. The number of aromatic nitrogens is 1. The van der Waals surface area contributed by atoms with Gasteiger partial charge in [0.05, 0.1) is 20.8 Å². The van der Waals surface area contributed by atoms with Crippen molar-refractivity contribution in [2.24, 2.45) is 0 Å². The first kappa shape index (κ1) is 20.6. The maximum Gasteiger partial charge on any atom is 0.264 e. The highest BCUT2D eigenvalue weighted by molar-refractivity contribution is 7.92. The summed E-state index contributed by atoms with van der Waals surface area (Å²) >= 11 is 1.31. The van der Waals surface area contributed by atoms with Gasteiger partial charge in [0.25, 0.3) is 10.0 Å². The molecular formula is C23H17N3O3S2. The van der Waals surface area contributed by atoms with Crippen molar-refractivity contribution >= 4 is 48.6 Å². The summed E-state index contributed by atoms with van der Waals surface area (Å²) in [5.74, 6) is -0.248. The third-order valence-corrected chi connectivity index (χ3v) is 7.62. The van der Waals surface area contributed by atoms with Gasteiger partial charge in [-0.15, -0.1) is 11.3 Å². The molecule has 0 aliphatic rings. The number of hydrogen-bond donors (Lipinski definition) is 1. The monoisotopic (exact) mass is 447 g/mol. The number of thiazole rings is 1. The molecule has 1 aromatic heterocycles. The zero-order chi connectivity index (χ0) is 22.0. The molecule has 0 bridgehead atoms. The van der Waals surface area contributed by atoms with Gasteiger partial charge < -0.3 is 5.11 Å². The molecule has 4 rings (SSSR count). The fraction of sp³-hybridized carbons (Fsp3) is 0.0435. The molecule has 3 aromatic carbocycles. The van der Waals surface area contributed by atoms with E-state index in [2.05, 4.69) is 4.98 Å². The number of aliphatic hydroxyl groups is 1. The van der Waals surface area contributed by atoms with Gasteiger partial charge in [0.15, 0.2) is 0 Å². The van der Waals surface area contributed by atoms with Crippen LogP contribution in [-0.4, -0.2) is 25.6 Å². The summed E-state index contributed by atoms with van der Waals surface area (Å²) < 4.78 is 27.9. The summed E-state index contributed by atoms with van der Waals surface area (Å²) in [6.45, 7) is 0. The normalized spacial score (nSPS) is 12.3. The van der Waals surface area contributed by atoms with Gasteiger partial charge in [-0.25, -0.2) is 13.4 Å². The number of nitriles is 1. The molecular weight excluding hydrogens is 430 g/mol. The first-order chi connectivity index (χ1) is 14.9. The number of fused-ring (bicyclic) bond motifs is 1. The molecule has 0 saturated carbocycles. The van der Waals surface area contributed by atoms with Crippen LogP contribution in [0.1, 0.15) is 10.6 Å². The largest absolute Gasteiger partial charge is 0.506 e. The van der Waals surface area contributed by atoms with Crippen molar-refractivity contribution in [3.63, 3.8) is 0 Å². The van der Waals surface area contributed by atoms with Crippen molar-refractivity contribution in [1.82, 2.24) is 4.98 Å². The van der Waals surface area contributed by atoms with Crippen LogP contribution in [0.15, 0.2) is 83.8 Å². The average molecular weight is 448 g/mol. The summed E-state index contributed by atoms with van der Waals surface area (Å²) in [5.41, 5.74) is 1.65. The van der Waals surface area contributed by atoms with Gasteiger partial charge in [0.2, 0.25) is 0 Å². The number of benzene rings is 3. The van der Waals surface area contributed by atoms with Gasteiger partial charge in [-0.1, -0.05) is 30.3 Å². The van der Waals surface area contributed by atoms with E-state index < -0.39 is 10.0 Å². The van der Waals surface area contributed by atoms with Crippen molar-refractivity contribution in [2.75, 3.05) is 11.4 Å². The molecule has 0 aliphatic heterocycles. The standard InChI is InChI=1S/C23H17N3O3S2/c1-26(17-7-3-2-4-8-17)31(28,29)18-13-11-16(12-14-18)22(27)19(15-24)23-25-20-9-5-6-10-21(20)30-23/h2-14,27H,1H3/b22-19+. The Balaban J connectivity index is 1.68. The topological polar surface area (TPSA) is 94.3 Å². The van der Waals surface area contributed by atoms with E-state index in [1.54, 1.807) is 24.3 Å². The minimum Gasteiger partial charge on any atom is -0.506 e. The Hall–Kier alpha value is -3.67. The second-order valence-corrected chi connectivity index (χ2v) is 9.65. The molecule has 0 fully saturated rings. The number of sulfonamides is 1. The smallest absolute Gasteiger partial charge is 0.264 e. The summed E-state index contributed by atoms with van der Waals surface area (Å²) in [6, 6.07) is 24.0. The van der Waals surface area contributed by atoms with Gasteiger partial charge in [-0.3, -0.25) is 4.31 Å². The second-order valence-electron chi connectivity index (χ2n) is 6.65. The van der Waals surface area contributed by atoms with E-state index >= 15 is 0 Å². The highest BCUT2D eigenvalue weighted by atomic mass is 32.2. The summed E-state index contributed by atoms with van der Waals surface area (Å²) in [6.07, 6.45) is 0. The lowest BCUT2D eigenvalue weighted by Gasteiger charge is -2.19. The Morgan fingerprint density at radius 3 is 2.29 bits per heavy atom. The predicted molar refractivity (Wildman–Crippen MR) is 123 cm³/mol. The molecule has 154 valence electrons. The van der Waals surface area contributed by atoms with E-state index in [1.807, 2.05) is 36.4 Å². The number of hydrogen-bond acceptors (Lipinski definition) is 6. The highest BCUT2D eigenvalue weighted by Gasteiger charge is 2.22. The van der Waals surface area contributed by atoms with Gasteiger partial charge in [-0.05, 0) is 48.5 Å². The number of aliphatic hydroxyl groups excluding tert-OH is 1. The Morgan fingerprint density at radius 2 is 1.65 bits per heavy atom. The van der Waals surface area contributed by atoms with E-state index in [9.17, 15) is 18.8 Å². The van der Waals surface area contributed by atoms with Crippen LogP contribution in [0.2, 0.25) is 0 Å². The van der Waals surface area contributed by atoms with Crippen molar-refractivity contribution in [3.05, 3.63) is 89.4 Å². The average Bonchev–Trinajstić information content (AvgIpc) is 3.23. The number of anilines is 1. The lowest BCUT2D eigenvalue weighted by Crippen LogP contribution is -2.26. The van der Waals surface area contributed by atoms with Crippen LogP contribution in [0, 0.1) is 11.3 Å². The van der Waals surface area contributed by atoms with Crippen LogP contribution >= 0.6 is 11.3 Å². The molecule has 0 unspecified atom stereocenters. The number of nitrogens with zero attached hydrogens (tertiary/aromatic N) is 3. The zero-order valence-electron chi connectivity index (χ0n) is 16.4. The highest BCUT2D eigenvalue weighted by Crippen LogP contribution is 2.31. The Labute approximate surface area is 184 Å². The third-order valence-electron chi connectivity index (χ3n) is 4.76. The van der Waals surface area contributed by atoms with Crippen LogP contribution in [0.4, 0.5) is 5.69 Å². The first-order valence-corrected chi connectivity index (χ1v) is 11.5. The quantitative estimate of drug-likeness (QED) is 0.340. The number of rotatable bonds is 5. The fourth-order valence-corrected chi connectivity index (χ4v) is 5.20. The van der Waals surface area contributed by atoms with E-state index in [1.165, 1.54) is 47.0 Å². The van der Waals surface area contributed by atoms with Crippen molar-refractivity contribution in [3.8, 4) is 6.07 Å². The Morgan fingerprint density at radius 1 is 1.00 bits per heavy atom. The third kappa shape index (κ3) is 3.89. The lowest BCUT2D eigenvalue weighted by molar-refractivity contribution is 0.514. The maximum absolute atomic E-state index is 12.9. The maximum atomic E-state index is 12.9. The second kappa shape index (κ2) is 8.22. The van der Waals surface area contributed by atoms with E-state index in [4.69, 9.17) is 0 Å². The van der Waals surface area contributed by atoms with Gasteiger partial charge >= 0.3 is 0 Å². The molecule has 1 heterocycles. The zero-order valence-corrected chi connectivity index (χ0v) is 18.1. The fourth-order valence-electron chi connectivity index (χ4n) is 3.05. The van der Waals surface area contributed by atoms with Gasteiger partial charge in [0.1, 0.15) is 22.4 Å². The van der Waals surface area contributed by atoms with E-state index in [-0.39, 0.29) is 16.2 Å². The van der Waals surface area contributed by atoms with Gasteiger partial charge in [-0.2, -0.15) is 5.26 Å². The molecule has 0 aliphatic carbocycles. The van der Waals surface area contributed by atoms with Crippen molar-refractivity contribution in [2.45, 2.75) is 4.90 Å². The summed E-state index contributed by atoms with van der Waals surface area (Å²) in [4.78, 5) is 4.50. The molecule has 0 spiro atoms. The summed E-state index contributed by atoms with van der Waals surface area (Å²) in [7, 11) is -2.29. The molecule has 1 N–H and O–H groups in total. The number of allylic oxidation sites excluding steroid dienone is 1. The SMILES string of the molecule is CN(c1ccccc1)S(=O)(=O)c1ccc(/C(O)=C(/C#N)c2nc3ccccc3s2)cc1. The Kier molecular flexibility index (Phi) is 5.46. The predicted octanol–water partition coefficient (Wildman–Crippen LogP) is 5.07. The van der Waals surface area contributed by atoms with Gasteiger partial charge in [0, 0.05) is 12.6 Å². The molecule has 6 nitrogen and oxygen atoms in total.